The van der Waals surface area contributed by atoms with Crippen LogP contribution in [0.2, 0.25) is 5.02 Å². The summed E-state index contributed by atoms with van der Waals surface area (Å²) in [6.07, 6.45) is -0.283. The molecule has 6 nitrogen and oxygen atoms in total. The van der Waals surface area contributed by atoms with Crippen LogP contribution in [0.5, 0.6) is 0 Å². The number of halogens is 1. The summed E-state index contributed by atoms with van der Waals surface area (Å²) in [4.78, 5) is 34.9. The molecule has 3 N–H and O–H groups in total. The van der Waals surface area contributed by atoms with Crippen LogP contribution in [0, 0.1) is 0 Å². The highest BCUT2D eigenvalue weighted by Gasteiger charge is 2.08. The first-order chi connectivity index (χ1) is 12.4. The van der Waals surface area contributed by atoms with Crippen molar-refractivity contribution in [3.8, 4) is 0 Å². The first-order valence-corrected chi connectivity index (χ1v) is 9.09. The minimum absolute atomic E-state index is 0.0753. The van der Waals surface area contributed by atoms with Gasteiger partial charge in [0.05, 0.1) is 22.9 Å². The standard InChI is InChI=1S/C18H17ClN2O4S/c19-14-3-1-2-4-15(14)21-17(23)11-26-13-7-5-12(6-8-13)20-16(22)9-10-18(24)25/h1-8H,9-11H2,(H,20,22)(H,21,23)(H,24,25). The van der Waals surface area contributed by atoms with E-state index in [2.05, 4.69) is 10.6 Å². The van der Waals surface area contributed by atoms with E-state index in [1.807, 2.05) is 0 Å². The van der Waals surface area contributed by atoms with E-state index in [1.54, 1.807) is 48.5 Å². The highest BCUT2D eigenvalue weighted by atomic mass is 35.5. The predicted molar refractivity (Wildman–Crippen MR) is 103 cm³/mol. The zero-order chi connectivity index (χ0) is 18.9. The molecule has 26 heavy (non-hydrogen) atoms. The van der Waals surface area contributed by atoms with Gasteiger partial charge in [0.15, 0.2) is 0 Å². The van der Waals surface area contributed by atoms with Crippen molar-refractivity contribution in [2.75, 3.05) is 16.4 Å². The van der Waals surface area contributed by atoms with E-state index in [0.717, 1.165) is 4.90 Å². The Balaban J connectivity index is 1.80. The molecule has 2 rings (SSSR count). The second-order valence-electron chi connectivity index (χ2n) is 5.28. The molecular weight excluding hydrogens is 376 g/mol. The topological polar surface area (TPSA) is 95.5 Å². The average Bonchev–Trinajstić information content (AvgIpc) is 2.61. The van der Waals surface area contributed by atoms with Crippen molar-refractivity contribution >= 4 is 52.5 Å². The number of nitrogens with one attached hydrogen (secondary N) is 2. The second-order valence-corrected chi connectivity index (χ2v) is 6.74. The summed E-state index contributed by atoms with van der Waals surface area (Å²) in [6.45, 7) is 0. The van der Waals surface area contributed by atoms with Gasteiger partial charge in [0.2, 0.25) is 11.8 Å². The quantitative estimate of drug-likeness (QED) is 0.592. The number of anilines is 2. The highest BCUT2D eigenvalue weighted by molar-refractivity contribution is 8.00. The van der Waals surface area contributed by atoms with E-state index >= 15 is 0 Å². The molecule has 2 aromatic carbocycles. The van der Waals surface area contributed by atoms with Crippen molar-refractivity contribution in [2.45, 2.75) is 17.7 Å². The molecule has 2 aromatic rings. The van der Waals surface area contributed by atoms with Crippen molar-refractivity contribution in [3.63, 3.8) is 0 Å². The number of amides is 2. The van der Waals surface area contributed by atoms with Crippen LogP contribution in [0.1, 0.15) is 12.8 Å². The van der Waals surface area contributed by atoms with Gasteiger partial charge in [0.25, 0.3) is 0 Å². The molecule has 0 aliphatic carbocycles. The Morgan fingerprint density at radius 3 is 2.27 bits per heavy atom. The Morgan fingerprint density at radius 2 is 1.62 bits per heavy atom. The number of hydrogen-bond donors (Lipinski definition) is 3. The van der Waals surface area contributed by atoms with Crippen molar-refractivity contribution in [3.05, 3.63) is 53.6 Å². The number of thioether (sulfide) groups is 1. The van der Waals surface area contributed by atoms with Crippen LogP contribution in [0.15, 0.2) is 53.4 Å². The van der Waals surface area contributed by atoms with Crippen LogP contribution in [0.25, 0.3) is 0 Å². The van der Waals surface area contributed by atoms with E-state index < -0.39 is 5.97 Å². The Bertz CT molecular complexity index is 796. The second kappa shape index (κ2) is 9.84. The fourth-order valence-electron chi connectivity index (χ4n) is 1.98. The number of rotatable bonds is 8. The molecule has 0 aliphatic heterocycles. The largest absolute Gasteiger partial charge is 0.481 e. The number of carbonyl (C=O) groups is 3. The highest BCUT2D eigenvalue weighted by Crippen LogP contribution is 2.23. The fourth-order valence-corrected chi connectivity index (χ4v) is 2.86. The molecular formula is C18H17ClN2O4S. The molecule has 0 aliphatic rings. The van der Waals surface area contributed by atoms with Crippen molar-refractivity contribution in [1.82, 2.24) is 0 Å². The van der Waals surface area contributed by atoms with E-state index in [1.165, 1.54) is 11.8 Å². The summed E-state index contributed by atoms with van der Waals surface area (Å²) in [7, 11) is 0. The maximum absolute atomic E-state index is 12.0. The van der Waals surface area contributed by atoms with E-state index in [4.69, 9.17) is 16.7 Å². The molecule has 0 atom stereocenters. The van der Waals surface area contributed by atoms with Gasteiger partial charge in [0, 0.05) is 17.0 Å². The Morgan fingerprint density at radius 1 is 0.923 bits per heavy atom. The van der Waals surface area contributed by atoms with E-state index in [0.29, 0.717) is 16.4 Å². The molecule has 0 fully saturated rings. The molecule has 0 aromatic heterocycles. The average molecular weight is 393 g/mol. The van der Waals surface area contributed by atoms with Gasteiger partial charge in [-0.25, -0.2) is 0 Å². The van der Waals surface area contributed by atoms with Gasteiger partial charge >= 0.3 is 5.97 Å². The van der Waals surface area contributed by atoms with Crippen LogP contribution in [-0.2, 0) is 14.4 Å². The molecule has 0 bridgehead atoms. The van der Waals surface area contributed by atoms with Gasteiger partial charge in [-0.15, -0.1) is 11.8 Å². The first-order valence-electron chi connectivity index (χ1n) is 7.73. The minimum Gasteiger partial charge on any atom is -0.481 e. The SMILES string of the molecule is O=C(O)CCC(=O)Nc1ccc(SCC(=O)Nc2ccccc2Cl)cc1. The summed E-state index contributed by atoms with van der Waals surface area (Å²) in [6, 6.07) is 14.0. The maximum atomic E-state index is 12.0. The third-order valence-electron chi connectivity index (χ3n) is 3.22. The third-order valence-corrected chi connectivity index (χ3v) is 4.56. The summed E-state index contributed by atoms with van der Waals surface area (Å²) in [5.74, 6) is -1.32. The van der Waals surface area contributed by atoms with E-state index in [-0.39, 0.29) is 30.4 Å². The normalized spacial score (nSPS) is 10.2. The molecule has 136 valence electrons. The maximum Gasteiger partial charge on any atom is 0.303 e. The lowest BCUT2D eigenvalue weighted by atomic mass is 10.2. The number of carboxylic acids is 1. The smallest absolute Gasteiger partial charge is 0.303 e. The van der Waals surface area contributed by atoms with Gasteiger partial charge in [-0.1, -0.05) is 23.7 Å². The lowest BCUT2D eigenvalue weighted by Crippen LogP contribution is -2.14. The summed E-state index contributed by atoms with van der Waals surface area (Å²) in [5.41, 5.74) is 1.14. The summed E-state index contributed by atoms with van der Waals surface area (Å²) < 4.78 is 0. The third kappa shape index (κ3) is 6.78. The zero-order valence-corrected chi connectivity index (χ0v) is 15.3. The lowest BCUT2D eigenvalue weighted by Gasteiger charge is -2.08. The number of benzene rings is 2. The van der Waals surface area contributed by atoms with Gasteiger partial charge < -0.3 is 15.7 Å². The summed E-state index contributed by atoms with van der Waals surface area (Å²) >= 11 is 7.35. The minimum atomic E-state index is -1.01. The molecule has 0 radical (unpaired) electrons. The molecule has 0 unspecified atom stereocenters. The van der Waals surface area contributed by atoms with Gasteiger partial charge in [-0.3, -0.25) is 14.4 Å². The zero-order valence-electron chi connectivity index (χ0n) is 13.7. The number of hydrogen-bond acceptors (Lipinski definition) is 4. The van der Waals surface area contributed by atoms with Crippen LogP contribution in [0.4, 0.5) is 11.4 Å². The fraction of sp³-hybridized carbons (Fsp3) is 0.167. The molecule has 0 heterocycles. The molecule has 8 heteroatoms. The van der Waals surface area contributed by atoms with Crippen LogP contribution in [0.3, 0.4) is 0 Å². The molecule has 2 amide bonds. The van der Waals surface area contributed by atoms with Gasteiger partial charge in [-0.2, -0.15) is 0 Å². The predicted octanol–water partition coefficient (Wildman–Crippen LogP) is 3.87. The Labute approximate surface area is 159 Å². The number of para-hydroxylation sites is 1. The Hall–Kier alpha value is -2.51. The number of carboxylic acid groups (broad SMARTS) is 1. The van der Waals surface area contributed by atoms with Crippen LogP contribution < -0.4 is 10.6 Å². The summed E-state index contributed by atoms with van der Waals surface area (Å²) in [5, 5.41) is 14.4. The molecule has 0 saturated carbocycles. The van der Waals surface area contributed by atoms with Gasteiger partial charge in [-0.05, 0) is 36.4 Å². The lowest BCUT2D eigenvalue weighted by molar-refractivity contribution is -0.138. The molecule has 0 spiro atoms. The molecule has 0 saturated heterocycles. The van der Waals surface area contributed by atoms with Crippen molar-refractivity contribution < 1.29 is 19.5 Å². The van der Waals surface area contributed by atoms with Crippen molar-refractivity contribution in [2.24, 2.45) is 0 Å². The van der Waals surface area contributed by atoms with Crippen molar-refractivity contribution in [1.29, 1.82) is 0 Å². The van der Waals surface area contributed by atoms with Gasteiger partial charge in [0.1, 0.15) is 0 Å². The number of carbonyl (C=O) groups excluding carboxylic acids is 2. The first kappa shape index (κ1) is 19.8. The monoisotopic (exact) mass is 392 g/mol. The Kier molecular flexibility index (Phi) is 7.50. The van der Waals surface area contributed by atoms with E-state index in [9.17, 15) is 14.4 Å². The van der Waals surface area contributed by atoms with Crippen LogP contribution >= 0.6 is 23.4 Å². The number of aliphatic carboxylic acids is 1. The van der Waals surface area contributed by atoms with Crippen LogP contribution in [-0.4, -0.2) is 28.6 Å².